The molecule has 1 aliphatic rings. The molecule has 0 spiro atoms. The van der Waals surface area contributed by atoms with Gasteiger partial charge in [0.2, 0.25) is 5.91 Å². The first-order chi connectivity index (χ1) is 10.6. The normalized spacial score (nSPS) is 21.6. The molecule has 23 heavy (non-hydrogen) atoms. The minimum absolute atomic E-state index is 0.0225. The Hall–Kier alpha value is -1.61. The van der Waals surface area contributed by atoms with Gasteiger partial charge in [-0.25, -0.2) is 13.1 Å². The van der Waals surface area contributed by atoms with Gasteiger partial charge in [-0.2, -0.15) is 13.2 Å². The molecule has 0 aromatic heterocycles. The largest absolute Gasteiger partial charge is 0.416 e. The monoisotopic (exact) mass is 350 g/mol. The summed E-state index contributed by atoms with van der Waals surface area (Å²) < 4.78 is 63.7. The number of benzene rings is 1. The Morgan fingerprint density at radius 3 is 2.48 bits per heavy atom. The van der Waals surface area contributed by atoms with Crippen molar-refractivity contribution in [2.45, 2.75) is 30.3 Å². The summed E-state index contributed by atoms with van der Waals surface area (Å²) in [6.07, 6.45) is -3.12. The Morgan fingerprint density at radius 1 is 1.26 bits per heavy atom. The van der Waals surface area contributed by atoms with E-state index < -0.39 is 32.6 Å². The maximum absolute atomic E-state index is 12.6. The van der Waals surface area contributed by atoms with Crippen molar-refractivity contribution in [2.75, 3.05) is 6.54 Å². The fraction of sp³-hybridized carbons (Fsp3) is 0.500. The lowest BCUT2D eigenvalue weighted by atomic mass is 9.73. The number of halogens is 3. The van der Waals surface area contributed by atoms with Crippen LogP contribution in [0.2, 0.25) is 0 Å². The number of hydrogen-bond donors (Lipinski definition) is 2. The molecule has 0 atom stereocenters. The maximum atomic E-state index is 12.6. The second-order valence-electron chi connectivity index (χ2n) is 5.70. The molecule has 1 saturated carbocycles. The molecule has 0 saturated heterocycles. The average molecular weight is 350 g/mol. The van der Waals surface area contributed by atoms with Crippen molar-refractivity contribution in [1.82, 2.24) is 4.72 Å². The predicted octanol–water partition coefficient (Wildman–Crippen LogP) is 1.89. The third-order valence-electron chi connectivity index (χ3n) is 3.86. The number of hydrogen-bond acceptors (Lipinski definition) is 4. The van der Waals surface area contributed by atoms with E-state index in [4.69, 9.17) is 5.73 Å². The zero-order chi connectivity index (χ0) is 17.3. The van der Waals surface area contributed by atoms with Crippen LogP contribution in [0.1, 0.15) is 24.8 Å². The summed E-state index contributed by atoms with van der Waals surface area (Å²) in [5.74, 6) is -0.295. The minimum atomic E-state index is -4.65. The minimum Gasteiger partial charge on any atom is -0.330 e. The Kier molecular flexibility index (Phi) is 5.00. The number of alkyl halides is 3. The molecule has 1 aromatic carbocycles. The van der Waals surface area contributed by atoms with Gasteiger partial charge >= 0.3 is 6.18 Å². The summed E-state index contributed by atoms with van der Waals surface area (Å²) in [4.78, 5) is 11.2. The Balaban J connectivity index is 2.03. The Bertz CT molecular complexity index is 683. The summed E-state index contributed by atoms with van der Waals surface area (Å²) in [5, 5.41) is 0. The number of carbonyl (C=O) groups is 1. The number of nitrogens with one attached hydrogen (secondary N) is 1. The molecule has 0 aliphatic heterocycles. The van der Waals surface area contributed by atoms with Crippen LogP contribution in [-0.2, 0) is 21.0 Å². The van der Waals surface area contributed by atoms with Crippen molar-refractivity contribution in [1.29, 1.82) is 0 Å². The highest BCUT2D eigenvalue weighted by molar-refractivity contribution is 7.90. The number of carbonyl (C=O) groups excluding carboxylic acids is 1. The topological polar surface area (TPSA) is 89.3 Å². The molecule has 0 unspecified atom stereocenters. The highest BCUT2D eigenvalue weighted by atomic mass is 32.2. The molecule has 0 heterocycles. The predicted molar refractivity (Wildman–Crippen MR) is 76.7 cm³/mol. The number of nitrogens with two attached hydrogens (primary N) is 1. The SMILES string of the molecule is NCC1CC(CC(=O)NS(=O)(=O)c2cccc(C(F)(F)F)c2)C1. The van der Waals surface area contributed by atoms with E-state index in [9.17, 15) is 26.4 Å². The molecule has 1 aromatic rings. The smallest absolute Gasteiger partial charge is 0.330 e. The molecule has 9 heteroatoms. The molecule has 128 valence electrons. The van der Waals surface area contributed by atoms with E-state index >= 15 is 0 Å². The van der Waals surface area contributed by atoms with Crippen LogP contribution in [0.3, 0.4) is 0 Å². The Labute approximate surface area is 132 Å². The van der Waals surface area contributed by atoms with Crippen LogP contribution in [0, 0.1) is 11.8 Å². The third kappa shape index (κ3) is 4.44. The van der Waals surface area contributed by atoms with Crippen LogP contribution in [0.15, 0.2) is 29.2 Å². The molecule has 3 N–H and O–H groups in total. The first kappa shape index (κ1) is 17.7. The zero-order valence-electron chi connectivity index (χ0n) is 12.1. The quantitative estimate of drug-likeness (QED) is 0.849. The van der Waals surface area contributed by atoms with Crippen LogP contribution in [0.4, 0.5) is 13.2 Å². The van der Waals surface area contributed by atoms with E-state index in [1.165, 1.54) is 0 Å². The van der Waals surface area contributed by atoms with Crippen molar-refractivity contribution >= 4 is 15.9 Å². The highest BCUT2D eigenvalue weighted by Crippen LogP contribution is 2.35. The van der Waals surface area contributed by atoms with Crippen LogP contribution < -0.4 is 10.5 Å². The fourth-order valence-electron chi connectivity index (χ4n) is 2.59. The van der Waals surface area contributed by atoms with Crippen molar-refractivity contribution in [3.05, 3.63) is 29.8 Å². The van der Waals surface area contributed by atoms with Gasteiger partial charge in [0.25, 0.3) is 10.0 Å². The third-order valence-corrected chi connectivity index (χ3v) is 5.23. The van der Waals surface area contributed by atoms with E-state index in [-0.39, 0.29) is 12.3 Å². The lowest BCUT2D eigenvalue weighted by molar-refractivity contribution is -0.137. The summed E-state index contributed by atoms with van der Waals surface area (Å²) in [6, 6.07) is 3.27. The number of sulfonamides is 1. The van der Waals surface area contributed by atoms with Gasteiger partial charge in [0, 0.05) is 6.42 Å². The summed E-state index contributed by atoms with van der Waals surface area (Å²) in [5.41, 5.74) is 4.38. The van der Waals surface area contributed by atoms with Gasteiger partial charge in [-0.15, -0.1) is 0 Å². The summed E-state index contributed by atoms with van der Waals surface area (Å²) in [7, 11) is -4.32. The van der Waals surface area contributed by atoms with Crippen molar-refractivity contribution in [3.8, 4) is 0 Å². The second-order valence-corrected chi connectivity index (χ2v) is 7.38. The van der Waals surface area contributed by atoms with E-state index in [1.54, 1.807) is 0 Å². The van der Waals surface area contributed by atoms with Crippen molar-refractivity contribution in [3.63, 3.8) is 0 Å². The number of rotatable bonds is 5. The molecular formula is C14H17F3N2O3S. The summed E-state index contributed by atoms with van der Waals surface area (Å²) >= 11 is 0. The lowest BCUT2D eigenvalue weighted by Crippen LogP contribution is -2.36. The fourth-order valence-corrected chi connectivity index (χ4v) is 3.63. The lowest BCUT2D eigenvalue weighted by Gasteiger charge is -2.33. The zero-order valence-corrected chi connectivity index (χ0v) is 13.0. The van der Waals surface area contributed by atoms with E-state index in [0.29, 0.717) is 18.5 Å². The van der Waals surface area contributed by atoms with E-state index in [1.807, 2.05) is 4.72 Å². The first-order valence-electron chi connectivity index (χ1n) is 7.05. The first-order valence-corrected chi connectivity index (χ1v) is 8.53. The van der Waals surface area contributed by atoms with Gasteiger partial charge in [0.15, 0.2) is 0 Å². The van der Waals surface area contributed by atoms with Crippen LogP contribution in [-0.4, -0.2) is 20.9 Å². The molecule has 0 bridgehead atoms. The van der Waals surface area contributed by atoms with Gasteiger partial charge in [0.1, 0.15) is 0 Å². The van der Waals surface area contributed by atoms with Gasteiger partial charge in [-0.05, 0) is 49.4 Å². The van der Waals surface area contributed by atoms with Gasteiger partial charge in [-0.3, -0.25) is 4.79 Å². The molecule has 1 aliphatic carbocycles. The summed E-state index contributed by atoms with van der Waals surface area (Å²) in [6.45, 7) is 0.528. The molecule has 0 radical (unpaired) electrons. The van der Waals surface area contributed by atoms with E-state index in [0.717, 1.165) is 31.0 Å². The maximum Gasteiger partial charge on any atom is 0.416 e. The van der Waals surface area contributed by atoms with Gasteiger partial charge in [-0.1, -0.05) is 6.07 Å². The van der Waals surface area contributed by atoms with Gasteiger partial charge in [0.05, 0.1) is 10.5 Å². The molecule has 1 fully saturated rings. The molecule has 2 rings (SSSR count). The highest BCUT2D eigenvalue weighted by Gasteiger charge is 2.33. The number of amides is 1. The van der Waals surface area contributed by atoms with Crippen molar-refractivity contribution < 1.29 is 26.4 Å². The second kappa shape index (κ2) is 6.48. The van der Waals surface area contributed by atoms with Crippen LogP contribution in [0.5, 0.6) is 0 Å². The molecule has 1 amide bonds. The molecule has 5 nitrogen and oxygen atoms in total. The average Bonchev–Trinajstić information content (AvgIpc) is 2.41. The van der Waals surface area contributed by atoms with Crippen LogP contribution >= 0.6 is 0 Å². The Morgan fingerprint density at radius 2 is 1.91 bits per heavy atom. The van der Waals surface area contributed by atoms with Gasteiger partial charge < -0.3 is 5.73 Å². The van der Waals surface area contributed by atoms with Crippen LogP contribution in [0.25, 0.3) is 0 Å². The standard InChI is InChI=1S/C14H17F3N2O3S/c15-14(16,17)11-2-1-3-12(7-11)23(21,22)19-13(20)6-9-4-10(5-9)8-18/h1-3,7,9-10H,4-6,8,18H2,(H,19,20). The molecular weight excluding hydrogens is 333 g/mol. The van der Waals surface area contributed by atoms with Crippen molar-refractivity contribution in [2.24, 2.45) is 17.6 Å². The van der Waals surface area contributed by atoms with E-state index in [2.05, 4.69) is 0 Å².